The summed E-state index contributed by atoms with van der Waals surface area (Å²) in [5, 5.41) is 0. The molecule has 82 valence electrons. The van der Waals surface area contributed by atoms with Crippen molar-refractivity contribution in [2.24, 2.45) is 0 Å². The molecule has 15 heavy (non-hydrogen) atoms. The Morgan fingerprint density at radius 2 is 1.93 bits per heavy atom. The summed E-state index contributed by atoms with van der Waals surface area (Å²) < 4.78 is 15.7. The number of hydrogen-bond acceptors (Lipinski definition) is 3. The molecular weight excluding hydrogens is 192 g/mol. The van der Waals surface area contributed by atoms with Crippen molar-refractivity contribution >= 4 is 0 Å². The lowest BCUT2D eigenvalue weighted by Gasteiger charge is -2.04. The number of ether oxygens (including phenoxy) is 3. The molecule has 3 heteroatoms. The Balaban J connectivity index is 1.86. The van der Waals surface area contributed by atoms with Crippen LogP contribution in [-0.4, -0.2) is 26.1 Å². The molecule has 1 aliphatic heterocycles. The van der Waals surface area contributed by atoms with Crippen molar-refractivity contribution in [3.63, 3.8) is 0 Å². The van der Waals surface area contributed by atoms with Crippen molar-refractivity contribution in [2.45, 2.75) is 25.7 Å². The molecule has 1 saturated heterocycles. The van der Waals surface area contributed by atoms with E-state index in [0.29, 0.717) is 0 Å². The maximum atomic E-state index is 5.54. The quantitative estimate of drug-likeness (QED) is 0.693. The first-order valence-electron chi connectivity index (χ1n) is 5.19. The standard InChI is InChI=1S/C12H16O3/c1-9-12(14-9)15-11-5-3-10(4-6-11)7-8-13-2/h3-6,9,12H,7-8H2,1-2H3. The lowest BCUT2D eigenvalue weighted by Crippen LogP contribution is -2.01. The van der Waals surface area contributed by atoms with Gasteiger partial charge in [0.2, 0.25) is 6.29 Å². The van der Waals surface area contributed by atoms with Gasteiger partial charge in [-0.2, -0.15) is 0 Å². The highest BCUT2D eigenvalue weighted by molar-refractivity contribution is 5.27. The van der Waals surface area contributed by atoms with Gasteiger partial charge in [0, 0.05) is 7.11 Å². The van der Waals surface area contributed by atoms with E-state index in [-0.39, 0.29) is 12.4 Å². The smallest absolute Gasteiger partial charge is 0.226 e. The van der Waals surface area contributed by atoms with Gasteiger partial charge in [0.25, 0.3) is 0 Å². The molecule has 0 aliphatic carbocycles. The Hall–Kier alpha value is -1.06. The van der Waals surface area contributed by atoms with Crippen molar-refractivity contribution in [1.29, 1.82) is 0 Å². The molecule has 2 unspecified atom stereocenters. The van der Waals surface area contributed by atoms with Crippen molar-refractivity contribution in [2.75, 3.05) is 13.7 Å². The van der Waals surface area contributed by atoms with Crippen LogP contribution in [0.3, 0.4) is 0 Å². The van der Waals surface area contributed by atoms with E-state index in [2.05, 4.69) is 12.1 Å². The zero-order chi connectivity index (χ0) is 10.7. The summed E-state index contributed by atoms with van der Waals surface area (Å²) in [5.41, 5.74) is 1.26. The van der Waals surface area contributed by atoms with E-state index in [1.54, 1.807) is 7.11 Å². The lowest BCUT2D eigenvalue weighted by molar-refractivity contribution is 0.178. The Bertz CT molecular complexity index is 307. The highest BCUT2D eigenvalue weighted by atomic mass is 16.8. The van der Waals surface area contributed by atoms with Gasteiger partial charge >= 0.3 is 0 Å². The highest BCUT2D eigenvalue weighted by Gasteiger charge is 2.36. The monoisotopic (exact) mass is 208 g/mol. The highest BCUT2D eigenvalue weighted by Crippen LogP contribution is 2.25. The van der Waals surface area contributed by atoms with Crippen LogP contribution in [0.4, 0.5) is 0 Å². The average Bonchev–Trinajstić information content (AvgIpc) is 2.93. The second kappa shape index (κ2) is 4.64. The fraction of sp³-hybridized carbons (Fsp3) is 0.500. The number of epoxide rings is 1. The molecule has 0 saturated carbocycles. The fourth-order valence-electron chi connectivity index (χ4n) is 1.38. The van der Waals surface area contributed by atoms with Crippen LogP contribution in [0.25, 0.3) is 0 Å². The summed E-state index contributed by atoms with van der Waals surface area (Å²) in [7, 11) is 1.71. The maximum Gasteiger partial charge on any atom is 0.226 e. The molecule has 0 spiro atoms. The largest absolute Gasteiger partial charge is 0.462 e. The van der Waals surface area contributed by atoms with E-state index >= 15 is 0 Å². The van der Waals surface area contributed by atoms with Crippen LogP contribution in [0.1, 0.15) is 12.5 Å². The third-order valence-corrected chi connectivity index (χ3v) is 2.43. The molecular formula is C12H16O3. The molecule has 1 heterocycles. The first-order valence-corrected chi connectivity index (χ1v) is 5.19. The second-order valence-corrected chi connectivity index (χ2v) is 3.71. The number of rotatable bonds is 5. The minimum atomic E-state index is -0.0465. The third kappa shape index (κ3) is 2.94. The van der Waals surface area contributed by atoms with Crippen LogP contribution in [0.2, 0.25) is 0 Å². The third-order valence-electron chi connectivity index (χ3n) is 2.43. The lowest BCUT2D eigenvalue weighted by atomic mass is 10.1. The summed E-state index contributed by atoms with van der Waals surface area (Å²) in [4.78, 5) is 0. The summed E-state index contributed by atoms with van der Waals surface area (Å²) in [6, 6.07) is 8.06. The van der Waals surface area contributed by atoms with Gasteiger partial charge in [-0.05, 0) is 31.0 Å². The molecule has 0 amide bonds. The predicted molar refractivity (Wildman–Crippen MR) is 57.0 cm³/mol. The molecule has 0 N–H and O–H groups in total. The summed E-state index contributed by atoms with van der Waals surface area (Å²) in [6.45, 7) is 2.75. The van der Waals surface area contributed by atoms with Crippen LogP contribution in [-0.2, 0) is 15.9 Å². The van der Waals surface area contributed by atoms with Crippen LogP contribution in [0, 0.1) is 0 Å². The Kier molecular flexibility index (Phi) is 3.23. The summed E-state index contributed by atoms with van der Waals surface area (Å²) >= 11 is 0. The predicted octanol–water partition coefficient (Wildman–Crippen LogP) is 2.00. The van der Waals surface area contributed by atoms with E-state index in [1.807, 2.05) is 19.1 Å². The van der Waals surface area contributed by atoms with Gasteiger partial charge in [0.05, 0.1) is 6.61 Å². The molecule has 2 rings (SSSR count). The molecule has 1 fully saturated rings. The van der Waals surface area contributed by atoms with Crippen LogP contribution < -0.4 is 4.74 Å². The maximum absolute atomic E-state index is 5.54. The van der Waals surface area contributed by atoms with Gasteiger partial charge in [0.15, 0.2) is 0 Å². The molecule has 3 nitrogen and oxygen atoms in total. The first kappa shape index (κ1) is 10.5. The van der Waals surface area contributed by atoms with E-state index in [9.17, 15) is 0 Å². The molecule has 0 aromatic heterocycles. The van der Waals surface area contributed by atoms with Crippen molar-refractivity contribution in [3.05, 3.63) is 29.8 Å². The second-order valence-electron chi connectivity index (χ2n) is 3.71. The van der Waals surface area contributed by atoms with Crippen molar-refractivity contribution < 1.29 is 14.2 Å². The minimum absolute atomic E-state index is 0.0465. The number of methoxy groups -OCH3 is 1. The van der Waals surface area contributed by atoms with Crippen molar-refractivity contribution in [1.82, 2.24) is 0 Å². The molecule has 0 radical (unpaired) electrons. The topological polar surface area (TPSA) is 31.0 Å². The fourth-order valence-corrected chi connectivity index (χ4v) is 1.38. The van der Waals surface area contributed by atoms with Crippen LogP contribution in [0.15, 0.2) is 24.3 Å². The van der Waals surface area contributed by atoms with E-state index in [0.717, 1.165) is 18.8 Å². The molecule has 2 atom stereocenters. The zero-order valence-corrected chi connectivity index (χ0v) is 9.10. The SMILES string of the molecule is COCCc1ccc(OC2OC2C)cc1. The van der Waals surface area contributed by atoms with Gasteiger partial charge in [-0.1, -0.05) is 12.1 Å². The Morgan fingerprint density at radius 1 is 1.27 bits per heavy atom. The van der Waals surface area contributed by atoms with Gasteiger partial charge in [0.1, 0.15) is 11.9 Å². The van der Waals surface area contributed by atoms with Gasteiger partial charge in [-0.25, -0.2) is 0 Å². The number of benzene rings is 1. The van der Waals surface area contributed by atoms with E-state index in [4.69, 9.17) is 14.2 Å². The summed E-state index contributed by atoms with van der Waals surface area (Å²) in [6.07, 6.45) is 1.13. The molecule has 0 bridgehead atoms. The van der Waals surface area contributed by atoms with Crippen molar-refractivity contribution in [3.8, 4) is 5.75 Å². The summed E-state index contributed by atoms with van der Waals surface area (Å²) in [5.74, 6) is 0.866. The van der Waals surface area contributed by atoms with Crippen LogP contribution in [0.5, 0.6) is 5.75 Å². The van der Waals surface area contributed by atoms with Gasteiger partial charge in [-0.15, -0.1) is 0 Å². The van der Waals surface area contributed by atoms with E-state index in [1.165, 1.54) is 5.56 Å². The zero-order valence-electron chi connectivity index (χ0n) is 9.10. The average molecular weight is 208 g/mol. The van der Waals surface area contributed by atoms with E-state index < -0.39 is 0 Å². The Labute approximate surface area is 90.0 Å². The molecule has 1 aliphatic rings. The Morgan fingerprint density at radius 3 is 2.47 bits per heavy atom. The van der Waals surface area contributed by atoms with Gasteiger partial charge in [-0.3, -0.25) is 0 Å². The van der Waals surface area contributed by atoms with Gasteiger partial charge < -0.3 is 14.2 Å². The first-order chi connectivity index (χ1) is 7.29. The minimum Gasteiger partial charge on any atom is -0.462 e. The normalized spacial score (nSPS) is 23.9. The van der Waals surface area contributed by atoms with Crippen LogP contribution >= 0.6 is 0 Å². The molecule has 1 aromatic carbocycles. The number of hydrogen-bond donors (Lipinski definition) is 0. The molecule has 1 aromatic rings.